The second kappa shape index (κ2) is 6.14. The first kappa shape index (κ1) is 13.9. The first-order valence-corrected chi connectivity index (χ1v) is 7.94. The van der Waals surface area contributed by atoms with E-state index in [1.807, 2.05) is 35.6 Å². The van der Waals surface area contributed by atoms with E-state index < -0.39 is 0 Å². The highest BCUT2D eigenvalue weighted by Gasteiger charge is 2.14. The van der Waals surface area contributed by atoms with Gasteiger partial charge in [0.05, 0.1) is 6.54 Å². The number of hydrogen-bond donors (Lipinski definition) is 2. The maximum Gasteiger partial charge on any atom is 0.244 e. The smallest absolute Gasteiger partial charge is 0.244 e. The molecule has 0 spiro atoms. The molecule has 3 nitrogen and oxygen atoms in total. The van der Waals surface area contributed by atoms with Crippen molar-refractivity contribution in [3.05, 3.63) is 57.3 Å². The van der Waals surface area contributed by atoms with Crippen molar-refractivity contribution in [2.45, 2.75) is 25.8 Å². The zero-order valence-electron chi connectivity index (χ0n) is 11.8. The quantitative estimate of drug-likeness (QED) is 0.673. The van der Waals surface area contributed by atoms with Crippen LogP contribution in [0.3, 0.4) is 0 Å². The van der Waals surface area contributed by atoms with Crippen molar-refractivity contribution >= 4 is 29.0 Å². The predicted octanol–water partition coefficient (Wildman–Crippen LogP) is 3.15. The minimum Gasteiger partial charge on any atom is -0.399 e. The van der Waals surface area contributed by atoms with E-state index in [0.29, 0.717) is 12.2 Å². The van der Waals surface area contributed by atoms with Crippen LogP contribution in [-0.2, 0) is 24.2 Å². The molecule has 3 N–H and O–H groups in total. The molecule has 1 aliphatic carbocycles. The minimum atomic E-state index is -0.0778. The lowest BCUT2D eigenvalue weighted by Gasteiger charge is -2.00. The molecule has 0 saturated heterocycles. The van der Waals surface area contributed by atoms with E-state index in [2.05, 4.69) is 11.4 Å². The average molecular weight is 298 g/mol. The van der Waals surface area contributed by atoms with Crippen LogP contribution in [0, 0.1) is 0 Å². The van der Waals surface area contributed by atoms with E-state index >= 15 is 0 Å². The number of aryl methyl sites for hydroxylation is 2. The molecule has 0 aliphatic heterocycles. The number of benzene rings is 1. The molecule has 0 atom stereocenters. The van der Waals surface area contributed by atoms with Gasteiger partial charge in [-0.1, -0.05) is 12.1 Å². The molecule has 2 aromatic rings. The number of nitrogen functional groups attached to an aromatic ring is 1. The highest BCUT2D eigenvalue weighted by atomic mass is 32.1. The normalized spacial score (nSPS) is 13.5. The molecule has 108 valence electrons. The molecule has 0 radical (unpaired) electrons. The Kier molecular flexibility index (Phi) is 4.06. The Balaban J connectivity index is 1.54. The predicted molar refractivity (Wildman–Crippen MR) is 88.1 cm³/mol. The minimum absolute atomic E-state index is 0.0778. The Hall–Kier alpha value is -2.07. The van der Waals surface area contributed by atoms with Crippen LogP contribution in [0.15, 0.2) is 36.4 Å². The second-order valence-corrected chi connectivity index (χ2v) is 6.46. The summed E-state index contributed by atoms with van der Waals surface area (Å²) in [7, 11) is 0. The van der Waals surface area contributed by atoms with E-state index in [9.17, 15) is 4.79 Å². The second-order valence-electron chi connectivity index (χ2n) is 5.24. The largest absolute Gasteiger partial charge is 0.399 e. The zero-order valence-corrected chi connectivity index (χ0v) is 12.6. The summed E-state index contributed by atoms with van der Waals surface area (Å²) in [5, 5.41) is 2.93. The van der Waals surface area contributed by atoms with Gasteiger partial charge in [-0.15, -0.1) is 11.3 Å². The lowest BCUT2D eigenvalue weighted by atomic mass is 10.2. The third-order valence-electron chi connectivity index (χ3n) is 3.57. The van der Waals surface area contributed by atoms with Gasteiger partial charge in [0.15, 0.2) is 0 Å². The molecule has 0 saturated carbocycles. The molecule has 1 aromatic carbocycles. The van der Waals surface area contributed by atoms with Crippen molar-refractivity contribution < 1.29 is 4.79 Å². The van der Waals surface area contributed by atoms with Crippen LogP contribution in [0.4, 0.5) is 5.69 Å². The summed E-state index contributed by atoms with van der Waals surface area (Å²) in [6, 6.07) is 9.69. The molecule has 0 fully saturated rings. The number of nitrogens with two attached hydrogens (primary N) is 1. The summed E-state index contributed by atoms with van der Waals surface area (Å²) >= 11 is 1.83. The monoisotopic (exact) mass is 298 g/mol. The Labute approximate surface area is 128 Å². The highest BCUT2D eigenvalue weighted by Crippen LogP contribution is 2.30. The number of nitrogens with one attached hydrogen (secondary N) is 1. The van der Waals surface area contributed by atoms with Crippen LogP contribution < -0.4 is 11.1 Å². The molecular formula is C17H18N2OS. The maximum atomic E-state index is 11.8. The van der Waals surface area contributed by atoms with Gasteiger partial charge in [0.2, 0.25) is 5.91 Å². The van der Waals surface area contributed by atoms with E-state index in [1.54, 1.807) is 12.2 Å². The van der Waals surface area contributed by atoms with Crippen LogP contribution in [0.5, 0.6) is 0 Å². The Bertz CT molecular complexity index is 666. The standard InChI is InChI=1S/C17H18N2OS/c18-14-5-1-3-12(9-14)7-8-17(20)19-11-15-10-13-4-2-6-16(13)21-15/h1,3,5,7-10H,2,4,6,11,18H2,(H,19,20)/b8-7+. The van der Waals surface area contributed by atoms with Crippen LogP contribution in [-0.4, -0.2) is 5.91 Å². The lowest BCUT2D eigenvalue weighted by Crippen LogP contribution is -2.19. The van der Waals surface area contributed by atoms with Crippen molar-refractivity contribution in [3.63, 3.8) is 0 Å². The maximum absolute atomic E-state index is 11.8. The number of thiophene rings is 1. The van der Waals surface area contributed by atoms with Crippen LogP contribution in [0.25, 0.3) is 6.08 Å². The summed E-state index contributed by atoms with van der Waals surface area (Å²) in [6.45, 7) is 0.609. The van der Waals surface area contributed by atoms with E-state index in [-0.39, 0.29) is 5.91 Å². The molecule has 1 amide bonds. The summed E-state index contributed by atoms with van der Waals surface area (Å²) < 4.78 is 0. The van der Waals surface area contributed by atoms with E-state index in [0.717, 1.165) is 5.56 Å². The highest BCUT2D eigenvalue weighted by molar-refractivity contribution is 7.12. The van der Waals surface area contributed by atoms with Crippen LogP contribution in [0.1, 0.15) is 27.3 Å². The fraction of sp³-hybridized carbons (Fsp3) is 0.235. The summed E-state index contributed by atoms with van der Waals surface area (Å²) in [5.41, 5.74) is 8.80. The first-order chi connectivity index (χ1) is 10.2. The van der Waals surface area contributed by atoms with Gasteiger partial charge >= 0.3 is 0 Å². The molecule has 1 aliphatic rings. The first-order valence-electron chi connectivity index (χ1n) is 7.12. The molecule has 4 heteroatoms. The Morgan fingerprint density at radius 2 is 2.24 bits per heavy atom. The number of fused-ring (bicyclic) bond motifs is 1. The van der Waals surface area contributed by atoms with Gasteiger partial charge in [-0.3, -0.25) is 4.79 Å². The van der Waals surface area contributed by atoms with Crippen molar-refractivity contribution in [2.24, 2.45) is 0 Å². The number of rotatable bonds is 4. The molecule has 3 rings (SSSR count). The van der Waals surface area contributed by atoms with Crippen LogP contribution >= 0.6 is 11.3 Å². The van der Waals surface area contributed by atoms with Gasteiger partial charge in [-0.25, -0.2) is 0 Å². The summed E-state index contributed by atoms with van der Waals surface area (Å²) in [5.74, 6) is -0.0778. The zero-order chi connectivity index (χ0) is 14.7. The van der Waals surface area contributed by atoms with Gasteiger partial charge in [-0.2, -0.15) is 0 Å². The number of hydrogen-bond acceptors (Lipinski definition) is 3. The van der Waals surface area contributed by atoms with Gasteiger partial charge in [-0.05, 0) is 54.7 Å². The van der Waals surface area contributed by atoms with Gasteiger partial charge in [0.25, 0.3) is 0 Å². The fourth-order valence-corrected chi connectivity index (χ4v) is 3.75. The number of carbonyl (C=O) groups excluding carboxylic acids is 1. The topological polar surface area (TPSA) is 55.1 Å². The summed E-state index contributed by atoms with van der Waals surface area (Å²) in [4.78, 5) is 14.6. The van der Waals surface area contributed by atoms with E-state index in [1.165, 1.54) is 34.6 Å². The fourth-order valence-electron chi connectivity index (χ4n) is 2.55. The number of anilines is 1. The van der Waals surface area contributed by atoms with E-state index in [4.69, 9.17) is 5.73 Å². The van der Waals surface area contributed by atoms with Crippen LogP contribution in [0.2, 0.25) is 0 Å². The number of amides is 1. The third kappa shape index (κ3) is 3.52. The molecular weight excluding hydrogens is 280 g/mol. The van der Waals surface area contributed by atoms with Crippen molar-refractivity contribution in [1.82, 2.24) is 5.32 Å². The van der Waals surface area contributed by atoms with Gasteiger partial charge in [0, 0.05) is 21.5 Å². The Morgan fingerprint density at radius 1 is 1.33 bits per heavy atom. The summed E-state index contributed by atoms with van der Waals surface area (Å²) in [6.07, 6.45) is 6.99. The molecule has 0 bridgehead atoms. The molecule has 0 unspecified atom stereocenters. The third-order valence-corrected chi connectivity index (χ3v) is 4.81. The Morgan fingerprint density at radius 3 is 3.05 bits per heavy atom. The van der Waals surface area contributed by atoms with Gasteiger partial charge in [0.1, 0.15) is 0 Å². The average Bonchev–Trinajstić information content (AvgIpc) is 3.04. The van der Waals surface area contributed by atoms with Gasteiger partial charge < -0.3 is 11.1 Å². The molecule has 21 heavy (non-hydrogen) atoms. The molecule has 1 aromatic heterocycles. The number of carbonyl (C=O) groups is 1. The molecule has 1 heterocycles. The SMILES string of the molecule is Nc1cccc(/C=C/C(=O)NCc2cc3c(s2)CCC3)c1. The van der Waals surface area contributed by atoms with Crippen molar-refractivity contribution in [1.29, 1.82) is 0 Å². The van der Waals surface area contributed by atoms with Crippen molar-refractivity contribution in [2.75, 3.05) is 5.73 Å². The van der Waals surface area contributed by atoms with Crippen molar-refractivity contribution in [3.8, 4) is 0 Å². The lowest BCUT2D eigenvalue weighted by molar-refractivity contribution is -0.116.